The summed E-state index contributed by atoms with van der Waals surface area (Å²) in [6.07, 6.45) is 1.17. The lowest BCUT2D eigenvalue weighted by molar-refractivity contribution is -0.0566. The standard InChI is InChI=1S/C19H28F2N4O2/c1-2-22-18(23-14-19(26)5-11-27-12-6-19)25-9-7-24(8-10-25)17-13-15(20)3-4-16(17)21/h3-4,13,26H,2,5-12,14H2,1H3,(H,22,23). The average molecular weight is 382 g/mol. The molecule has 0 aliphatic carbocycles. The third kappa shape index (κ3) is 5.07. The van der Waals surface area contributed by atoms with E-state index in [1.165, 1.54) is 6.07 Å². The van der Waals surface area contributed by atoms with Crippen LogP contribution in [-0.4, -0.2) is 74.0 Å². The number of aliphatic hydroxyl groups is 1. The SMILES string of the molecule is CCNC(=NCC1(O)CCOCC1)N1CCN(c2cc(F)ccc2F)CC1. The number of piperazine rings is 1. The molecule has 2 aliphatic heterocycles. The molecule has 0 spiro atoms. The van der Waals surface area contributed by atoms with E-state index < -0.39 is 17.2 Å². The molecule has 3 rings (SSSR count). The molecule has 0 atom stereocenters. The van der Waals surface area contributed by atoms with Crippen LogP contribution >= 0.6 is 0 Å². The zero-order chi connectivity index (χ0) is 19.3. The lowest BCUT2D eigenvalue weighted by Gasteiger charge is -2.38. The molecule has 1 aromatic rings. The summed E-state index contributed by atoms with van der Waals surface area (Å²) in [6.45, 7) is 6.59. The maximum Gasteiger partial charge on any atom is 0.194 e. The smallest absolute Gasteiger partial charge is 0.194 e. The van der Waals surface area contributed by atoms with Crippen LogP contribution in [0.1, 0.15) is 19.8 Å². The Labute approximate surface area is 158 Å². The maximum absolute atomic E-state index is 14.0. The van der Waals surface area contributed by atoms with Crippen molar-refractivity contribution in [1.29, 1.82) is 0 Å². The molecule has 0 radical (unpaired) electrons. The second kappa shape index (κ2) is 8.84. The normalized spacial score (nSPS) is 20.7. The van der Waals surface area contributed by atoms with E-state index in [4.69, 9.17) is 4.74 Å². The van der Waals surface area contributed by atoms with Gasteiger partial charge >= 0.3 is 0 Å². The van der Waals surface area contributed by atoms with E-state index in [9.17, 15) is 13.9 Å². The van der Waals surface area contributed by atoms with Crippen molar-refractivity contribution in [3.63, 3.8) is 0 Å². The number of halogens is 2. The molecule has 2 fully saturated rings. The van der Waals surface area contributed by atoms with Gasteiger partial charge in [-0.3, -0.25) is 4.99 Å². The summed E-state index contributed by atoms with van der Waals surface area (Å²) in [4.78, 5) is 8.58. The van der Waals surface area contributed by atoms with Crippen LogP contribution in [0.5, 0.6) is 0 Å². The van der Waals surface area contributed by atoms with E-state index in [0.29, 0.717) is 64.5 Å². The molecule has 2 heterocycles. The first kappa shape index (κ1) is 19.8. The summed E-state index contributed by atoms with van der Waals surface area (Å²) in [5, 5.41) is 13.9. The van der Waals surface area contributed by atoms with E-state index in [2.05, 4.69) is 15.2 Å². The lowest BCUT2D eigenvalue weighted by Crippen LogP contribution is -2.53. The summed E-state index contributed by atoms with van der Waals surface area (Å²) in [7, 11) is 0. The molecule has 0 amide bonds. The van der Waals surface area contributed by atoms with Gasteiger partial charge < -0.3 is 25.0 Å². The summed E-state index contributed by atoms with van der Waals surface area (Å²) < 4.78 is 32.8. The van der Waals surface area contributed by atoms with Crippen LogP contribution in [0.4, 0.5) is 14.5 Å². The van der Waals surface area contributed by atoms with Gasteiger partial charge in [-0.25, -0.2) is 8.78 Å². The zero-order valence-electron chi connectivity index (χ0n) is 15.8. The Balaban J connectivity index is 1.62. The molecule has 0 saturated carbocycles. The average Bonchev–Trinajstić information content (AvgIpc) is 2.68. The van der Waals surface area contributed by atoms with Gasteiger partial charge in [0.15, 0.2) is 5.96 Å². The second-order valence-corrected chi connectivity index (χ2v) is 7.08. The number of nitrogens with zero attached hydrogens (tertiary/aromatic N) is 3. The van der Waals surface area contributed by atoms with Crippen LogP contribution in [0.2, 0.25) is 0 Å². The molecule has 0 unspecified atom stereocenters. The molecule has 2 N–H and O–H groups in total. The van der Waals surface area contributed by atoms with Gasteiger partial charge in [0.1, 0.15) is 11.6 Å². The van der Waals surface area contributed by atoms with Gasteiger partial charge in [0.05, 0.1) is 17.8 Å². The van der Waals surface area contributed by atoms with E-state index >= 15 is 0 Å². The monoisotopic (exact) mass is 382 g/mol. The van der Waals surface area contributed by atoms with Crippen molar-refractivity contribution in [2.75, 3.05) is 57.4 Å². The van der Waals surface area contributed by atoms with Gasteiger partial charge in [0, 0.05) is 64.8 Å². The quantitative estimate of drug-likeness (QED) is 0.612. The van der Waals surface area contributed by atoms with E-state index in [1.807, 2.05) is 11.8 Å². The van der Waals surface area contributed by atoms with Gasteiger partial charge in [-0.15, -0.1) is 0 Å². The number of rotatable bonds is 4. The molecule has 0 bridgehead atoms. The number of benzene rings is 1. The Morgan fingerprint density at radius 1 is 1.22 bits per heavy atom. The molecule has 2 aliphatic rings. The van der Waals surface area contributed by atoms with Crippen molar-refractivity contribution in [3.05, 3.63) is 29.8 Å². The number of anilines is 1. The van der Waals surface area contributed by atoms with Crippen LogP contribution in [0, 0.1) is 11.6 Å². The Hall–Kier alpha value is -1.93. The van der Waals surface area contributed by atoms with Crippen LogP contribution in [0.15, 0.2) is 23.2 Å². The van der Waals surface area contributed by atoms with Crippen molar-refractivity contribution in [1.82, 2.24) is 10.2 Å². The minimum absolute atomic E-state index is 0.299. The lowest BCUT2D eigenvalue weighted by atomic mass is 9.95. The van der Waals surface area contributed by atoms with Gasteiger partial charge in [-0.1, -0.05) is 0 Å². The number of nitrogens with one attached hydrogen (secondary N) is 1. The zero-order valence-corrected chi connectivity index (χ0v) is 15.8. The predicted octanol–water partition coefficient (Wildman–Crippen LogP) is 1.59. The van der Waals surface area contributed by atoms with Gasteiger partial charge in [0.25, 0.3) is 0 Å². The highest BCUT2D eigenvalue weighted by Gasteiger charge is 2.30. The van der Waals surface area contributed by atoms with Gasteiger partial charge in [-0.05, 0) is 19.1 Å². The molecule has 6 nitrogen and oxygen atoms in total. The molecular formula is C19H28F2N4O2. The molecular weight excluding hydrogens is 354 g/mol. The largest absolute Gasteiger partial charge is 0.388 e. The highest BCUT2D eigenvalue weighted by atomic mass is 19.1. The fourth-order valence-corrected chi connectivity index (χ4v) is 3.44. The topological polar surface area (TPSA) is 60.3 Å². The molecule has 1 aromatic carbocycles. The summed E-state index contributed by atoms with van der Waals surface area (Å²) in [5.74, 6) is -0.0996. The second-order valence-electron chi connectivity index (χ2n) is 7.08. The van der Waals surface area contributed by atoms with Gasteiger partial charge in [0.2, 0.25) is 0 Å². The first-order valence-electron chi connectivity index (χ1n) is 9.54. The van der Waals surface area contributed by atoms with Crippen LogP contribution in [0.25, 0.3) is 0 Å². The van der Waals surface area contributed by atoms with Crippen molar-refractivity contribution < 1.29 is 18.6 Å². The van der Waals surface area contributed by atoms with Crippen LogP contribution in [0.3, 0.4) is 0 Å². The Bertz CT molecular complexity index is 657. The highest BCUT2D eigenvalue weighted by molar-refractivity contribution is 5.80. The molecule has 27 heavy (non-hydrogen) atoms. The van der Waals surface area contributed by atoms with Crippen molar-refractivity contribution in [3.8, 4) is 0 Å². The number of hydrogen-bond acceptors (Lipinski definition) is 4. The number of ether oxygens (including phenoxy) is 1. The van der Waals surface area contributed by atoms with Crippen molar-refractivity contribution in [2.24, 2.45) is 4.99 Å². The van der Waals surface area contributed by atoms with E-state index in [0.717, 1.165) is 24.6 Å². The molecule has 8 heteroatoms. The Morgan fingerprint density at radius 3 is 2.59 bits per heavy atom. The molecule has 2 saturated heterocycles. The highest BCUT2D eigenvalue weighted by Crippen LogP contribution is 2.23. The van der Waals surface area contributed by atoms with Gasteiger partial charge in [-0.2, -0.15) is 0 Å². The van der Waals surface area contributed by atoms with Crippen molar-refractivity contribution in [2.45, 2.75) is 25.4 Å². The van der Waals surface area contributed by atoms with E-state index in [-0.39, 0.29) is 0 Å². The van der Waals surface area contributed by atoms with Crippen molar-refractivity contribution >= 4 is 11.6 Å². The number of hydrogen-bond donors (Lipinski definition) is 2. The summed E-state index contributed by atoms with van der Waals surface area (Å²) in [6, 6.07) is 3.54. The van der Waals surface area contributed by atoms with Crippen LogP contribution in [-0.2, 0) is 4.74 Å². The Kier molecular flexibility index (Phi) is 6.49. The minimum Gasteiger partial charge on any atom is -0.388 e. The summed E-state index contributed by atoms with van der Waals surface area (Å²) >= 11 is 0. The fourth-order valence-electron chi connectivity index (χ4n) is 3.44. The third-order valence-corrected chi connectivity index (χ3v) is 5.11. The summed E-state index contributed by atoms with van der Waals surface area (Å²) in [5.41, 5.74) is -0.515. The number of guanidine groups is 1. The number of aliphatic imine (C=N–C) groups is 1. The first-order valence-corrected chi connectivity index (χ1v) is 9.54. The molecule has 0 aromatic heterocycles. The first-order chi connectivity index (χ1) is 13.0. The third-order valence-electron chi connectivity index (χ3n) is 5.11. The van der Waals surface area contributed by atoms with Crippen LogP contribution < -0.4 is 10.2 Å². The predicted molar refractivity (Wildman–Crippen MR) is 101 cm³/mol. The molecule has 150 valence electrons. The minimum atomic E-state index is -0.814. The Morgan fingerprint density at radius 2 is 1.93 bits per heavy atom. The fraction of sp³-hybridized carbons (Fsp3) is 0.632. The maximum atomic E-state index is 14.0. The van der Waals surface area contributed by atoms with E-state index in [1.54, 1.807) is 0 Å².